The average Bonchev–Trinajstić information content (AvgIpc) is 3.79. The number of thiophene rings is 1. The number of hydrogen-bond donors (Lipinski definition) is 0. The molecule has 0 unspecified atom stereocenters. The second-order valence-corrected chi connectivity index (χ2v) is 14.4. The third kappa shape index (κ3) is 4.51. The van der Waals surface area contributed by atoms with Crippen molar-refractivity contribution in [2.24, 2.45) is 0 Å². The number of aromatic nitrogens is 2. The average molecular weight is 681 g/mol. The second kappa shape index (κ2) is 11.5. The SMILES string of the molecule is c1ccc(-c2ccc3cc(-c4nc(-c5cc6cccc(-c7ccccc7)c6c6oc7ccccc7c56)nc5c4sc4ccccc45)ccc3c2)cc1. The second-order valence-electron chi connectivity index (χ2n) is 13.3. The van der Waals surface area contributed by atoms with E-state index >= 15 is 0 Å². The van der Waals surface area contributed by atoms with Crippen LogP contribution in [0.4, 0.5) is 0 Å². The van der Waals surface area contributed by atoms with Gasteiger partial charge in [0.15, 0.2) is 5.82 Å². The number of furan rings is 1. The van der Waals surface area contributed by atoms with Gasteiger partial charge in [0.25, 0.3) is 0 Å². The third-order valence-corrected chi connectivity index (χ3v) is 11.4. The van der Waals surface area contributed by atoms with Gasteiger partial charge in [-0.25, -0.2) is 9.97 Å². The summed E-state index contributed by atoms with van der Waals surface area (Å²) in [4.78, 5) is 10.9. The van der Waals surface area contributed by atoms with Gasteiger partial charge in [-0.2, -0.15) is 0 Å². The summed E-state index contributed by atoms with van der Waals surface area (Å²) >= 11 is 1.76. The van der Waals surface area contributed by atoms with E-state index in [1.807, 2.05) is 6.07 Å². The number of para-hydroxylation sites is 1. The first-order chi connectivity index (χ1) is 25.8. The lowest BCUT2D eigenvalue weighted by atomic mass is 9.93. The van der Waals surface area contributed by atoms with Crippen LogP contribution >= 0.6 is 11.3 Å². The Morgan fingerprint density at radius 1 is 0.442 bits per heavy atom. The largest absolute Gasteiger partial charge is 0.455 e. The predicted molar refractivity (Wildman–Crippen MR) is 219 cm³/mol. The minimum Gasteiger partial charge on any atom is -0.455 e. The summed E-state index contributed by atoms with van der Waals surface area (Å²) < 4.78 is 9.07. The molecule has 4 heteroatoms. The van der Waals surface area contributed by atoms with E-state index in [2.05, 4.69) is 164 Å². The smallest absolute Gasteiger partial charge is 0.161 e. The van der Waals surface area contributed by atoms with Gasteiger partial charge in [0, 0.05) is 37.4 Å². The van der Waals surface area contributed by atoms with Crippen molar-refractivity contribution in [1.29, 1.82) is 0 Å². The van der Waals surface area contributed by atoms with E-state index in [0.717, 1.165) is 76.3 Å². The van der Waals surface area contributed by atoms with E-state index in [9.17, 15) is 0 Å². The molecule has 3 heterocycles. The van der Waals surface area contributed by atoms with E-state index in [1.165, 1.54) is 26.6 Å². The number of fused-ring (bicyclic) bond motifs is 9. The van der Waals surface area contributed by atoms with Crippen molar-refractivity contribution >= 4 is 75.1 Å². The van der Waals surface area contributed by atoms with E-state index in [4.69, 9.17) is 14.4 Å². The van der Waals surface area contributed by atoms with Crippen LogP contribution < -0.4 is 0 Å². The summed E-state index contributed by atoms with van der Waals surface area (Å²) in [6, 6.07) is 60.1. The van der Waals surface area contributed by atoms with Crippen LogP contribution in [0, 0.1) is 0 Å². The minimum atomic E-state index is 0.689. The monoisotopic (exact) mass is 680 g/mol. The van der Waals surface area contributed by atoms with Crippen molar-refractivity contribution in [2.75, 3.05) is 0 Å². The first-order valence-electron chi connectivity index (χ1n) is 17.5. The molecule has 3 nitrogen and oxygen atoms in total. The van der Waals surface area contributed by atoms with Gasteiger partial charge in [-0.15, -0.1) is 11.3 Å². The predicted octanol–water partition coefficient (Wildman–Crippen LogP) is 13.7. The lowest BCUT2D eigenvalue weighted by Crippen LogP contribution is -1.95. The lowest BCUT2D eigenvalue weighted by Gasteiger charge is -2.12. The summed E-state index contributed by atoms with van der Waals surface area (Å²) in [6.07, 6.45) is 0. The standard InChI is InChI=1S/C48H28N2OS/c1-3-12-29(13-4-1)31-22-23-33-27-35(25-24-32(33)26-31)44-47-45(38-18-8-10-21-41(38)52-47)50-48(49-44)39-28-34-16-11-19-36(30-14-5-2-6-15-30)42(34)46-43(39)37-17-7-9-20-40(37)51-46/h1-28H. The number of rotatable bonds is 4. The summed E-state index contributed by atoms with van der Waals surface area (Å²) in [7, 11) is 0. The normalized spacial score (nSPS) is 11.8. The molecule has 11 aromatic rings. The Morgan fingerprint density at radius 2 is 1.13 bits per heavy atom. The maximum atomic E-state index is 6.78. The number of nitrogens with zero attached hydrogens (tertiary/aromatic N) is 2. The van der Waals surface area contributed by atoms with E-state index in [1.54, 1.807) is 11.3 Å². The number of hydrogen-bond acceptors (Lipinski definition) is 4. The highest BCUT2D eigenvalue weighted by Gasteiger charge is 2.23. The highest BCUT2D eigenvalue weighted by atomic mass is 32.1. The molecule has 0 radical (unpaired) electrons. The van der Waals surface area contributed by atoms with Crippen LogP contribution in [0.25, 0.3) is 109 Å². The molecule has 0 N–H and O–H groups in total. The van der Waals surface area contributed by atoms with Crippen LogP contribution in [0.5, 0.6) is 0 Å². The third-order valence-electron chi connectivity index (χ3n) is 10.3. The fourth-order valence-corrected chi connectivity index (χ4v) is 8.96. The fraction of sp³-hybridized carbons (Fsp3) is 0. The first kappa shape index (κ1) is 29.1. The zero-order chi connectivity index (χ0) is 34.2. The summed E-state index contributed by atoms with van der Waals surface area (Å²) in [5.41, 5.74) is 10.4. The Bertz CT molecular complexity index is 3180. The first-order valence-corrected chi connectivity index (χ1v) is 18.3. The molecule has 0 aliphatic rings. The number of benzene rings is 8. The van der Waals surface area contributed by atoms with Crippen molar-refractivity contribution in [3.8, 4) is 44.9 Å². The molecule has 0 amide bonds. The van der Waals surface area contributed by atoms with Crippen molar-refractivity contribution in [3.05, 3.63) is 170 Å². The van der Waals surface area contributed by atoms with Gasteiger partial charge < -0.3 is 4.42 Å². The van der Waals surface area contributed by atoms with E-state index < -0.39 is 0 Å². The molecule has 0 aliphatic heterocycles. The van der Waals surface area contributed by atoms with Crippen LogP contribution in [0.1, 0.15) is 0 Å². The van der Waals surface area contributed by atoms with E-state index in [-0.39, 0.29) is 0 Å². The molecule has 52 heavy (non-hydrogen) atoms. The quantitative estimate of drug-likeness (QED) is 0.186. The molecule has 11 rings (SSSR count). The maximum Gasteiger partial charge on any atom is 0.161 e. The van der Waals surface area contributed by atoms with Gasteiger partial charge in [0.2, 0.25) is 0 Å². The van der Waals surface area contributed by atoms with Gasteiger partial charge in [-0.1, -0.05) is 140 Å². The maximum absolute atomic E-state index is 6.78. The lowest BCUT2D eigenvalue weighted by molar-refractivity contribution is 0.673. The van der Waals surface area contributed by atoms with Crippen LogP contribution in [0.2, 0.25) is 0 Å². The van der Waals surface area contributed by atoms with Crippen LogP contribution in [-0.2, 0) is 0 Å². The van der Waals surface area contributed by atoms with Crippen LogP contribution in [0.3, 0.4) is 0 Å². The molecule has 0 fully saturated rings. The summed E-state index contributed by atoms with van der Waals surface area (Å²) in [5.74, 6) is 0.689. The van der Waals surface area contributed by atoms with Gasteiger partial charge >= 0.3 is 0 Å². The summed E-state index contributed by atoms with van der Waals surface area (Å²) in [6.45, 7) is 0. The van der Waals surface area contributed by atoms with Crippen molar-refractivity contribution < 1.29 is 4.42 Å². The molecule has 242 valence electrons. The Hall–Kier alpha value is -6.62. The fourth-order valence-electron chi connectivity index (χ4n) is 7.81. The molecule has 3 aromatic heterocycles. The van der Waals surface area contributed by atoms with Gasteiger partial charge in [-0.3, -0.25) is 0 Å². The minimum absolute atomic E-state index is 0.689. The van der Waals surface area contributed by atoms with Gasteiger partial charge in [0.05, 0.1) is 15.9 Å². The molecule has 0 saturated carbocycles. The Labute approximate surface area is 303 Å². The molecule has 0 spiro atoms. The van der Waals surface area contributed by atoms with Gasteiger partial charge in [0.1, 0.15) is 11.2 Å². The molecule has 0 atom stereocenters. The topological polar surface area (TPSA) is 38.9 Å². The Balaban J connectivity index is 1.19. The Kier molecular flexibility index (Phi) is 6.42. The molecule has 8 aromatic carbocycles. The van der Waals surface area contributed by atoms with Crippen LogP contribution in [-0.4, -0.2) is 9.97 Å². The Morgan fingerprint density at radius 3 is 1.96 bits per heavy atom. The summed E-state index contributed by atoms with van der Waals surface area (Å²) in [5, 5.41) is 7.77. The zero-order valence-corrected chi connectivity index (χ0v) is 28.7. The van der Waals surface area contributed by atoms with Gasteiger partial charge in [-0.05, 0) is 68.7 Å². The molecule has 0 saturated heterocycles. The molecule has 0 bridgehead atoms. The van der Waals surface area contributed by atoms with Crippen molar-refractivity contribution in [2.45, 2.75) is 0 Å². The zero-order valence-electron chi connectivity index (χ0n) is 27.9. The van der Waals surface area contributed by atoms with Crippen LogP contribution in [0.15, 0.2) is 174 Å². The molecular formula is C48H28N2OS. The highest BCUT2D eigenvalue weighted by molar-refractivity contribution is 7.26. The molecular weight excluding hydrogens is 653 g/mol. The van der Waals surface area contributed by atoms with Crippen molar-refractivity contribution in [1.82, 2.24) is 9.97 Å². The molecule has 0 aliphatic carbocycles. The van der Waals surface area contributed by atoms with E-state index in [0.29, 0.717) is 5.82 Å². The van der Waals surface area contributed by atoms with Crippen molar-refractivity contribution in [3.63, 3.8) is 0 Å². The highest BCUT2D eigenvalue weighted by Crippen LogP contribution is 2.46.